The van der Waals surface area contributed by atoms with Crippen LogP contribution in [0, 0.1) is 11.3 Å². The average molecular weight is 365 g/mol. The number of ether oxygens (including phenoxy) is 1. The number of nitrogens with zero attached hydrogens (tertiary/aromatic N) is 2. The van der Waals surface area contributed by atoms with Gasteiger partial charge in [0.15, 0.2) is 6.61 Å². The fourth-order valence-electron chi connectivity index (χ4n) is 3.45. The Morgan fingerprint density at radius 1 is 1.30 bits per heavy atom. The van der Waals surface area contributed by atoms with Crippen LogP contribution in [0.1, 0.15) is 37.7 Å². The van der Waals surface area contributed by atoms with E-state index in [2.05, 4.69) is 11.4 Å². The maximum atomic E-state index is 11.9. The van der Waals surface area contributed by atoms with E-state index in [9.17, 15) is 9.59 Å². The monoisotopic (exact) mass is 365 g/mol. The predicted octanol–water partition coefficient (Wildman–Crippen LogP) is 3.17. The summed E-state index contributed by atoms with van der Waals surface area (Å²) in [4.78, 5) is 23.7. The van der Waals surface area contributed by atoms with Crippen molar-refractivity contribution in [1.29, 1.82) is 5.26 Å². The van der Waals surface area contributed by atoms with E-state index >= 15 is 0 Å². The summed E-state index contributed by atoms with van der Waals surface area (Å²) >= 11 is 0. The summed E-state index contributed by atoms with van der Waals surface area (Å²) in [6.45, 7) is 0.334. The Morgan fingerprint density at radius 2 is 2.07 bits per heavy atom. The van der Waals surface area contributed by atoms with Crippen LogP contribution in [0.5, 0.6) is 0 Å². The van der Waals surface area contributed by atoms with Crippen LogP contribution in [-0.4, -0.2) is 29.1 Å². The number of hydrogen-bond acceptors (Lipinski definition) is 4. The molecular formula is C21H23N3O3. The number of carbonyl (C=O) groups is 2. The van der Waals surface area contributed by atoms with Gasteiger partial charge in [0, 0.05) is 41.3 Å². The zero-order chi connectivity index (χ0) is 19.1. The van der Waals surface area contributed by atoms with Gasteiger partial charge in [-0.05, 0) is 25.0 Å². The molecule has 1 aliphatic rings. The predicted molar refractivity (Wildman–Crippen MR) is 103 cm³/mol. The van der Waals surface area contributed by atoms with E-state index in [0.29, 0.717) is 13.0 Å². The van der Waals surface area contributed by atoms with Gasteiger partial charge in [-0.25, -0.2) is 4.79 Å². The lowest BCUT2D eigenvalue weighted by Crippen LogP contribution is -2.35. The molecule has 2 aromatic rings. The molecule has 1 aromatic carbocycles. The van der Waals surface area contributed by atoms with Crippen molar-refractivity contribution in [3.8, 4) is 6.07 Å². The molecule has 0 unspecified atom stereocenters. The fraction of sp³-hybridized carbons (Fsp3) is 0.381. The van der Waals surface area contributed by atoms with Crippen LogP contribution in [0.4, 0.5) is 0 Å². The Labute approximate surface area is 158 Å². The van der Waals surface area contributed by atoms with Crippen molar-refractivity contribution in [2.45, 2.75) is 44.7 Å². The lowest BCUT2D eigenvalue weighted by atomic mass is 10.1. The van der Waals surface area contributed by atoms with Crippen molar-refractivity contribution in [3.05, 3.63) is 42.1 Å². The number of aryl methyl sites for hydroxylation is 1. The molecule has 1 fully saturated rings. The Kier molecular flexibility index (Phi) is 6.26. The summed E-state index contributed by atoms with van der Waals surface area (Å²) in [5.74, 6) is -0.804. The molecule has 0 atom stereocenters. The Bertz CT molecular complexity index is 886. The van der Waals surface area contributed by atoms with Crippen LogP contribution < -0.4 is 5.32 Å². The molecule has 1 N–H and O–H groups in total. The Balaban J connectivity index is 1.59. The minimum atomic E-state index is -0.551. The summed E-state index contributed by atoms with van der Waals surface area (Å²) in [6, 6.07) is 10.2. The van der Waals surface area contributed by atoms with Crippen LogP contribution in [0.2, 0.25) is 0 Å². The molecule has 0 spiro atoms. The molecule has 6 nitrogen and oxygen atoms in total. The molecule has 1 saturated carbocycles. The zero-order valence-electron chi connectivity index (χ0n) is 15.2. The highest BCUT2D eigenvalue weighted by atomic mass is 16.5. The fourth-order valence-corrected chi connectivity index (χ4v) is 3.45. The number of nitrogens with one attached hydrogen (secondary N) is 1. The van der Waals surface area contributed by atoms with Gasteiger partial charge in [-0.2, -0.15) is 5.26 Å². The van der Waals surface area contributed by atoms with Crippen molar-refractivity contribution in [3.63, 3.8) is 0 Å². The zero-order valence-corrected chi connectivity index (χ0v) is 15.2. The van der Waals surface area contributed by atoms with Gasteiger partial charge in [-0.1, -0.05) is 31.0 Å². The lowest BCUT2D eigenvalue weighted by molar-refractivity contribution is -0.144. The lowest BCUT2D eigenvalue weighted by Gasteiger charge is -2.11. The van der Waals surface area contributed by atoms with E-state index < -0.39 is 5.97 Å². The smallest absolute Gasteiger partial charge is 0.331 e. The van der Waals surface area contributed by atoms with Crippen LogP contribution in [-0.2, 0) is 20.9 Å². The molecule has 3 rings (SSSR count). The van der Waals surface area contributed by atoms with Crippen molar-refractivity contribution in [2.24, 2.45) is 0 Å². The molecule has 140 valence electrons. The number of carbonyl (C=O) groups excluding carboxylic acids is 2. The molecule has 27 heavy (non-hydrogen) atoms. The van der Waals surface area contributed by atoms with Crippen molar-refractivity contribution in [1.82, 2.24) is 9.88 Å². The topological polar surface area (TPSA) is 84.1 Å². The number of esters is 1. The molecule has 1 aliphatic carbocycles. The van der Waals surface area contributed by atoms with Crippen LogP contribution in [0.25, 0.3) is 17.0 Å². The molecule has 1 aromatic heterocycles. The van der Waals surface area contributed by atoms with Crippen LogP contribution in [0.3, 0.4) is 0 Å². The van der Waals surface area contributed by atoms with E-state index in [1.54, 1.807) is 6.08 Å². The maximum absolute atomic E-state index is 11.9. The van der Waals surface area contributed by atoms with Gasteiger partial charge in [-0.3, -0.25) is 4.79 Å². The first-order chi connectivity index (χ1) is 13.2. The third-order valence-corrected chi connectivity index (χ3v) is 4.75. The molecule has 0 radical (unpaired) electrons. The molecule has 0 aliphatic heterocycles. The molecule has 0 bridgehead atoms. The van der Waals surface area contributed by atoms with E-state index in [1.807, 2.05) is 35.0 Å². The maximum Gasteiger partial charge on any atom is 0.331 e. The van der Waals surface area contributed by atoms with Crippen molar-refractivity contribution in [2.75, 3.05) is 6.61 Å². The van der Waals surface area contributed by atoms with Gasteiger partial charge in [0.2, 0.25) is 0 Å². The van der Waals surface area contributed by atoms with Crippen molar-refractivity contribution >= 4 is 28.9 Å². The number of hydrogen-bond donors (Lipinski definition) is 1. The van der Waals surface area contributed by atoms with Gasteiger partial charge >= 0.3 is 5.97 Å². The highest BCUT2D eigenvalue weighted by molar-refractivity contribution is 5.95. The number of aromatic nitrogens is 1. The van der Waals surface area contributed by atoms with E-state index in [4.69, 9.17) is 10.00 Å². The first kappa shape index (κ1) is 18.7. The minimum Gasteiger partial charge on any atom is -0.452 e. The second-order valence-corrected chi connectivity index (χ2v) is 6.69. The first-order valence-corrected chi connectivity index (χ1v) is 9.26. The third-order valence-electron chi connectivity index (χ3n) is 4.75. The van der Waals surface area contributed by atoms with E-state index in [0.717, 1.165) is 42.1 Å². The van der Waals surface area contributed by atoms with Gasteiger partial charge in [0.1, 0.15) is 0 Å². The Morgan fingerprint density at radius 3 is 2.85 bits per heavy atom. The highest BCUT2D eigenvalue weighted by Crippen LogP contribution is 2.23. The molecule has 1 heterocycles. The molecule has 0 saturated heterocycles. The second kappa shape index (κ2) is 9.04. The summed E-state index contributed by atoms with van der Waals surface area (Å²) in [7, 11) is 0. The largest absolute Gasteiger partial charge is 0.452 e. The molecule has 1 amide bonds. The first-order valence-electron chi connectivity index (χ1n) is 9.26. The van der Waals surface area contributed by atoms with Gasteiger partial charge in [0.05, 0.1) is 12.5 Å². The number of fused-ring (bicyclic) bond motifs is 1. The molecule has 6 heteroatoms. The van der Waals surface area contributed by atoms with Gasteiger partial charge < -0.3 is 14.6 Å². The number of rotatable bonds is 7. The van der Waals surface area contributed by atoms with Gasteiger partial charge in [-0.15, -0.1) is 0 Å². The third kappa shape index (κ3) is 4.98. The standard InChI is InChI=1S/C21H23N3O3/c22-12-5-13-24-14-16(18-8-3-4-9-19(18)24)10-11-21(26)27-15-20(25)23-17-6-1-2-7-17/h3-4,8-11,14,17H,1-2,5-7,13,15H2,(H,23,25)/b11-10+. The summed E-state index contributed by atoms with van der Waals surface area (Å²) in [5.41, 5.74) is 1.88. The highest BCUT2D eigenvalue weighted by Gasteiger charge is 2.17. The number of amides is 1. The Hall–Kier alpha value is -3.07. The van der Waals surface area contributed by atoms with Gasteiger partial charge in [0.25, 0.3) is 5.91 Å². The summed E-state index contributed by atoms with van der Waals surface area (Å²) < 4.78 is 7.03. The summed E-state index contributed by atoms with van der Waals surface area (Å²) in [5, 5.41) is 12.7. The van der Waals surface area contributed by atoms with E-state index in [-0.39, 0.29) is 18.6 Å². The quantitative estimate of drug-likeness (QED) is 0.603. The number of para-hydroxylation sites is 1. The van der Waals surface area contributed by atoms with Crippen molar-refractivity contribution < 1.29 is 14.3 Å². The second-order valence-electron chi connectivity index (χ2n) is 6.69. The van der Waals surface area contributed by atoms with Crippen LogP contribution >= 0.6 is 0 Å². The normalized spacial score (nSPS) is 14.5. The SMILES string of the molecule is N#CCCn1cc(/C=C/C(=O)OCC(=O)NC2CCCC2)c2ccccc21. The van der Waals surface area contributed by atoms with E-state index in [1.165, 1.54) is 6.08 Å². The number of benzene rings is 1. The van der Waals surface area contributed by atoms with Crippen LogP contribution in [0.15, 0.2) is 36.5 Å². The molecular weight excluding hydrogens is 342 g/mol. The average Bonchev–Trinajstić information content (AvgIpc) is 3.31. The number of nitriles is 1. The summed E-state index contributed by atoms with van der Waals surface area (Å²) in [6.07, 6.45) is 9.61. The minimum absolute atomic E-state index is 0.214.